The van der Waals surface area contributed by atoms with E-state index in [1.165, 1.54) is 36.4 Å². The first-order valence-corrected chi connectivity index (χ1v) is 38.0. The summed E-state index contributed by atoms with van der Waals surface area (Å²) in [7, 11) is 3.71. The van der Waals surface area contributed by atoms with Crippen LogP contribution < -0.4 is 0 Å². The molecule has 0 aliphatic rings. The zero-order valence-electron chi connectivity index (χ0n) is 67.9. The maximum Gasteiger partial charge on any atom is 0.182 e. The van der Waals surface area contributed by atoms with Crippen molar-refractivity contribution in [2.75, 3.05) is 0 Å². The average molecular weight is 1450 g/mol. The van der Waals surface area contributed by atoms with Gasteiger partial charge in [0, 0.05) is 47.6 Å². The summed E-state index contributed by atoms with van der Waals surface area (Å²) >= 11 is 0. The van der Waals surface area contributed by atoms with Crippen LogP contribution in [0.5, 0.6) is 0 Å². The molecule has 0 amide bonds. The number of nitrogens with zero attached hydrogens (tertiary/aromatic N) is 10. The number of pyridine rings is 1. The van der Waals surface area contributed by atoms with E-state index in [0.29, 0.717) is 17.3 Å². The van der Waals surface area contributed by atoms with E-state index < -0.39 is 0 Å². The van der Waals surface area contributed by atoms with Crippen molar-refractivity contribution in [1.29, 1.82) is 0 Å². The minimum absolute atomic E-state index is 0.224. The first kappa shape index (κ1) is 90.8. The van der Waals surface area contributed by atoms with Crippen LogP contribution in [0, 0.1) is 17.5 Å². The van der Waals surface area contributed by atoms with Gasteiger partial charge in [-0.05, 0) is 161 Å². The number of hydrogen-bond donors (Lipinski definition) is 0. The molecule has 8 aromatic carbocycles. The average Bonchev–Trinajstić information content (AvgIpc) is 1.29. The highest BCUT2D eigenvalue weighted by atomic mass is 19.1. The summed E-state index contributed by atoms with van der Waals surface area (Å²) in [6.45, 7) is 40.7. The third kappa shape index (κ3) is 26.3. The normalized spacial score (nSPS) is 10.5. The SMILES string of the molecule is C/C=C/C(=C(c1ccccc1)c1ccccc1)c1nnnn1C.C/C=C/C(=C/c1ccc(F)cc1-c1ccc(F)cc1)c1nncn1C.C/C=C/c1c(-c2ccc(F)cc2)cc(-c2ccccc2)nc1C(C)C.C/C=C/c1c(C(C)C)nc(-c2ccccc2)n1-c1ccccc1.CC.CC.CC.CC.CC.CC. The number of imidazole rings is 1. The van der Waals surface area contributed by atoms with Crippen molar-refractivity contribution < 1.29 is 13.2 Å². The van der Waals surface area contributed by atoms with Crippen LogP contribution in [-0.2, 0) is 14.1 Å². The van der Waals surface area contributed by atoms with Crippen molar-refractivity contribution in [2.45, 2.75) is 150 Å². The van der Waals surface area contributed by atoms with Gasteiger partial charge in [-0.1, -0.05) is 323 Å². The Morgan fingerprint density at radius 1 is 0.426 bits per heavy atom. The lowest BCUT2D eigenvalue weighted by Gasteiger charge is -2.17. The van der Waals surface area contributed by atoms with E-state index in [1.54, 1.807) is 29.2 Å². The maximum atomic E-state index is 13.8. The molecule has 0 saturated carbocycles. The molecule has 0 fully saturated rings. The van der Waals surface area contributed by atoms with Crippen molar-refractivity contribution in [2.24, 2.45) is 14.1 Å². The first-order chi connectivity index (χ1) is 52.7. The van der Waals surface area contributed by atoms with Crippen molar-refractivity contribution in [3.05, 3.63) is 336 Å². The number of rotatable bonds is 16. The van der Waals surface area contributed by atoms with E-state index in [9.17, 15) is 13.2 Å². The molecule has 0 saturated heterocycles. The molecular weight excluding hydrogens is 1340 g/mol. The molecule has 0 aliphatic heterocycles. The standard InChI is InChI=1S/C23H22FN.C21H22N2.C20H17F2N3.C19H18N4.6C2H6/c1-4-8-20-21(17-11-13-19(24)14-12-17)15-22(25-23(20)16(2)3)18-9-6-5-7-10-18;1-4-11-19-20(16(2)3)22-21(17-12-7-5-8-13-17)23(19)18-14-9-6-10-15-18;1-3-4-16(20-24-23-13-25(20)2)11-15-7-10-18(22)12-19(15)14-5-8-17(21)9-6-14;1-3-10-17(19-20-21-22-23(19)2)18(15-11-6-4-7-12-15)16-13-8-5-9-14-16;6*1-2/h4-16H,1-3H3;4-16H,1-3H3;3-13H,1-2H3;3-14H,1-2H3;6*1-2H3/b8-4+;11-4+;4-3+,16-11-;10-3+;;;;;;. The number of halogens is 3. The highest BCUT2D eigenvalue weighted by Crippen LogP contribution is 2.37. The van der Waals surface area contributed by atoms with Crippen LogP contribution in [0.1, 0.15) is 201 Å². The van der Waals surface area contributed by atoms with Crippen molar-refractivity contribution >= 4 is 34.9 Å². The lowest BCUT2D eigenvalue weighted by atomic mass is 9.92. The van der Waals surface area contributed by atoms with Gasteiger partial charge in [0.2, 0.25) is 0 Å². The summed E-state index contributed by atoms with van der Waals surface area (Å²) in [6, 6.07) is 71.0. The quantitative estimate of drug-likeness (QED) is 0.0887. The third-order valence-electron chi connectivity index (χ3n) is 15.4. The molecule has 12 rings (SSSR count). The lowest BCUT2D eigenvalue weighted by Crippen LogP contribution is -2.01. The Morgan fingerprint density at radius 3 is 1.33 bits per heavy atom. The molecule has 0 atom stereocenters. The minimum atomic E-state index is -0.345. The highest BCUT2D eigenvalue weighted by Gasteiger charge is 2.21. The fourth-order valence-electron chi connectivity index (χ4n) is 11.0. The molecule has 4 heterocycles. The predicted molar refractivity (Wildman–Crippen MR) is 458 cm³/mol. The number of hydrogen-bond acceptors (Lipinski definition) is 7. The summed E-state index contributed by atoms with van der Waals surface area (Å²) in [5.74, 6) is 2.20. The van der Waals surface area contributed by atoms with Crippen LogP contribution in [0.4, 0.5) is 13.2 Å². The molecule has 566 valence electrons. The van der Waals surface area contributed by atoms with Gasteiger partial charge in [0.1, 0.15) is 29.6 Å². The summed E-state index contributed by atoms with van der Waals surface area (Å²) in [5.41, 5.74) is 18.3. The molecular formula is C95H115F3N10. The Labute approximate surface area is 644 Å². The molecule has 0 unspecified atom stereocenters. The van der Waals surface area contributed by atoms with Gasteiger partial charge in [-0.25, -0.2) is 22.8 Å². The Hall–Kier alpha value is -11.4. The van der Waals surface area contributed by atoms with Crippen LogP contribution in [-0.4, -0.2) is 49.5 Å². The number of allylic oxidation sites excluding steroid dienone is 8. The molecule has 10 nitrogen and oxygen atoms in total. The van der Waals surface area contributed by atoms with E-state index in [-0.39, 0.29) is 23.4 Å². The molecule has 0 aliphatic carbocycles. The monoisotopic (exact) mass is 1450 g/mol. The van der Waals surface area contributed by atoms with Gasteiger partial charge in [-0.2, -0.15) is 0 Å². The van der Waals surface area contributed by atoms with Crippen LogP contribution in [0.25, 0.3) is 85.5 Å². The van der Waals surface area contributed by atoms with E-state index in [1.807, 2.05) is 232 Å². The smallest absolute Gasteiger partial charge is 0.182 e. The second-order valence-electron chi connectivity index (χ2n) is 23.0. The molecule has 12 aromatic rings. The van der Waals surface area contributed by atoms with Gasteiger partial charge in [0.25, 0.3) is 0 Å². The van der Waals surface area contributed by atoms with Gasteiger partial charge in [-0.15, -0.1) is 15.3 Å². The fourth-order valence-corrected chi connectivity index (χ4v) is 11.0. The number of aryl methyl sites for hydroxylation is 2. The summed E-state index contributed by atoms with van der Waals surface area (Å²) in [6.07, 6.45) is 19.8. The number of tetrazole rings is 1. The maximum absolute atomic E-state index is 13.8. The number of aromatic nitrogens is 10. The fraction of sp³-hybridized carbons (Fsp3) is 0.253. The van der Waals surface area contributed by atoms with Crippen LogP contribution in [0.15, 0.2) is 267 Å². The summed E-state index contributed by atoms with van der Waals surface area (Å²) < 4.78 is 46.1. The van der Waals surface area contributed by atoms with Crippen molar-refractivity contribution in [3.8, 4) is 50.6 Å². The zero-order chi connectivity index (χ0) is 79.9. The minimum Gasteiger partial charge on any atom is -0.317 e. The highest BCUT2D eigenvalue weighted by molar-refractivity contribution is 6.01. The lowest BCUT2D eigenvalue weighted by molar-refractivity contribution is 0.627. The largest absolute Gasteiger partial charge is 0.317 e. The second kappa shape index (κ2) is 50.9. The molecule has 0 spiro atoms. The molecule has 0 N–H and O–H groups in total. The summed E-state index contributed by atoms with van der Waals surface area (Å²) in [5, 5.41) is 20.0. The number of para-hydroxylation sites is 1. The Balaban J connectivity index is 0.000000356. The Bertz CT molecular complexity index is 4600. The first-order valence-electron chi connectivity index (χ1n) is 38.0. The van der Waals surface area contributed by atoms with E-state index >= 15 is 0 Å². The van der Waals surface area contributed by atoms with Gasteiger partial charge in [0.05, 0.1) is 22.8 Å². The summed E-state index contributed by atoms with van der Waals surface area (Å²) in [4.78, 5) is 9.93. The van der Waals surface area contributed by atoms with Gasteiger partial charge in [0.15, 0.2) is 11.6 Å². The number of benzene rings is 8. The van der Waals surface area contributed by atoms with Crippen LogP contribution in [0.2, 0.25) is 0 Å². The Kier molecular flexibility index (Phi) is 42.8. The van der Waals surface area contributed by atoms with Gasteiger partial charge in [-0.3, -0.25) is 9.55 Å². The molecule has 4 aromatic heterocycles. The topological polar surface area (TPSA) is 105 Å². The van der Waals surface area contributed by atoms with Gasteiger partial charge >= 0.3 is 0 Å². The van der Waals surface area contributed by atoms with E-state index in [0.717, 1.165) is 107 Å². The van der Waals surface area contributed by atoms with Crippen LogP contribution >= 0.6 is 0 Å². The van der Waals surface area contributed by atoms with E-state index in [4.69, 9.17) is 9.97 Å². The molecule has 0 bridgehead atoms. The Morgan fingerprint density at radius 2 is 0.889 bits per heavy atom. The van der Waals surface area contributed by atoms with E-state index in [2.05, 4.69) is 180 Å². The zero-order valence-corrected chi connectivity index (χ0v) is 67.9. The molecule has 13 heteroatoms. The van der Waals surface area contributed by atoms with Crippen LogP contribution in [0.3, 0.4) is 0 Å². The third-order valence-corrected chi connectivity index (χ3v) is 15.4. The van der Waals surface area contributed by atoms with Gasteiger partial charge < -0.3 is 4.57 Å². The molecule has 0 radical (unpaired) electrons. The molecule has 108 heavy (non-hydrogen) atoms. The van der Waals surface area contributed by atoms with Crippen molar-refractivity contribution in [3.63, 3.8) is 0 Å². The second-order valence-corrected chi connectivity index (χ2v) is 23.0. The predicted octanol–water partition coefficient (Wildman–Crippen LogP) is 27.2. The van der Waals surface area contributed by atoms with Crippen molar-refractivity contribution in [1.82, 2.24) is 49.5 Å².